The molecule has 0 aliphatic heterocycles. The molecule has 0 unspecified atom stereocenters. The van der Waals surface area contributed by atoms with E-state index in [-0.39, 0.29) is 5.56 Å². The Hall–Kier alpha value is -4.52. The predicted molar refractivity (Wildman–Crippen MR) is 118 cm³/mol. The molecule has 13 heteroatoms. The van der Waals surface area contributed by atoms with Gasteiger partial charge in [-0.15, -0.1) is 10.2 Å². The van der Waals surface area contributed by atoms with Gasteiger partial charge in [0.1, 0.15) is 0 Å². The second kappa shape index (κ2) is 10.2. The number of benzene rings is 3. The van der Waals surface area contributed by atoms with Gasteiger partial charge in [0.25, 0.3) is 17.3 Å². The summed E-state index contributed by atoms with van der Waals surface area (Å²) in [6.45, 7) is 0. The van der Waals surface area contributed by atoms with E-state index in [0.717, 1.165) is 18.2 Å². The van der Waals surface area contributed by atoms with Crippen LogP contribution >= 0.6 is 15.9 Å². The molecule has 0 saturated carbocycles. The van der Waals surface area contributed by atoms with Crippen molar-refractivity contribution in [3.8, 4) is 0 Å². The fourth-order valence-electron chi connectivity index (χ4n) is 2.48. The number of non-ortho nitro benzene ring substituents is 2. The largest absolute Gasteiger partial charge is 0.363 e. The topological polar surface area (TPSA) is 166 Å². The fourth-order valence-corrected chi connectivity index (χ4v) is 2.93. The number of nitro benzene ring substituents is 2. The Morgan fingerprint density at radius 3 is 2.09 bits per heavy atom. The molecular weight excluding hydrogens is 502 g/mol. The Morgan fingerprint density at radius 1 is 0.909 bits per heavy atom. The highest BCUT2D eigenvalue weighted by molar-refractivity contribution is 9.10. The molecule has 0 heterocycles. The number of nitrogens with zero attached hydrogens (tertiary/aromatic N) is 4. The van der Waals surface area contributed by atoms with Crippen molar-refractivity contribution in [2.45, 2.75) is 0 Å². The fraction of sp³-hybridized carbons (Fsp3) is 0. The van der Waals surface area contributed by atoms with E-state index < -0.39 is 33.1 Å². The van der Waals surface area contributed by atoms with E-state index in [4.69, 9.17) is 4.84 Å². The molecule has 0 atom stereocenters. The van der Waals surface area contributed by atoms with E-state index in [1.807, 2.05) is 0 Å². The van der Waals surface area contributed by atoms with Crippen LogP contribution in [0.5, 0.6) is 0 Å². The summed E-state index contributed by atoms with van der Waals surface area (Å²) in [5, 5.41) is 29.4. The van der Waals surface area contributed by atoms with Crippen molar-refractivity contribution in [1.29, 1.82) is 0 Å². The number of nitrogens with one attached hydrogen (secondary N) is 1. The molecule has 0 spiro atoms. The summed E-state index contributed by atoms with van der Waals surface area (Å²) >= 11 is 3.26. The summed E-state index contributed by atoms with van der Waals surface area (Å²) in [6, 6.07) is 15.2. The minimum absolute atomic E-state index is 0.305. The van der Waals surface area contributed by atoms with Crippen LogP contribution in [-0.4, -0.2) is 21.7 Å². The maximum absolute atomic E-state index is 12.2. The number of carbonyl (C=O) groups is 2. The second-order valence-corrected chi connectivity index (χ2v) is 7.13. The Kier molecular flexibility index (Phi) is 7.15. The van der Waals surface area contributed by atoms with E-state index in [1.54, 1.807) is 24.3 Å². The minimum atomic E-state index is -1.07. The Morgan fingerprint density at radius 2 is 1.52 bits per heavy atom. The van der Waals surface area contributed by atoms with Gasteiger partial charge in [-0.05, 0) is 52.3 Å². The summed E-state index contributed by atoms with van der Waals surface area (Å²) in [7, 11) is 0. The number of nitro groups is 2. The molecule has 0 aliphatic rings. The summed E-state index contributed by atoms with van der Waals surface area (Å²) in [6.07, 6.45) is 0. The molecule has 3 aromatic carbocycles. The van der Waals surface area contributed by atoms with Crippen LogP contribution in [0.25, 0.3) is 0 Å². The second-order valence-electron chi connectivity index (χ2n) is 6.28. The third kappa shape index (κ3) is 6.01. The lowest BCUT2D eigenvalue weighted by atomic mass is 10.2. The molecule has 0 bridgehead atoms. The minimum Gasteiger partial charge on any atom is -0.338 e. The molecule has 3 aromatic rings. The normalized spacial score (nSPS) is 10.6. The number of hydrogen-bond acceptors (Lipinski definition) is 9. The number of anilines is 1. The molecule has 0 radical (unpaired) electrons. The summed E-state index contributed by atoms with van der Waals surface area (Å²) in [5.74, 6) is -1.60. The molecule has 0 aromatic heterocycles. The van der Waals surface area contributed by atoms with Crippen molar-refractivity contribution in [1.82, 2.24) is 0 Å². The molecular formula is C20H12BrN5O7. The van der Waals surface area contributed by atoms with Gasteiger partial charge in [0.05, 0.1) is 38.4 Å². The first-order valence-electron chi connectivity index (χ1n) is 8.96. The zero-order valence-electron chi connectivity index (χ0n) is 16.4. The van der Waals surface area contributed by atoms with Crippen molar-refractivity contribution in [2.24, 2.45) is 10.2 Å². The number of carbonyl (C=O) groups excluding carboxylic acids is 2. The molecule has 166 valence electrons. The zero-order chi connectivity index (χ0) is 24.0. The van der Waals surface area contributed by atoms with Gasteiger partial charge in [-0.3, -0.25) is 25.0 Å². The van der Waals surface area contributed by atoms with Crippen LogP contribution in [0.3, 0.4) is 0 Å². The molecule has 33 heavy (non-hydrogen) atoms. The van der Waals surface area contributed by atoms with E-state index in [0.29, 0.717) is 21.4 Å². The number of azo groups is 1. The van der Waals surface area contributed by atoms with Gasteiger partial charge in [0, 0.05) is 16.6 Å². The average molecular weight is 514 g/mol. The van der Waals surface area contributed by atoms with Gasteiger partial charge in [-0.25, -0.2) is 10.3 Å². The quantitative estimate of drug-likeness (QED) is 0.249. The molecule has 3 rings (SSSR count). The molecule has 1 N–H and O–H groups in total. The van der Waals surface area contributed by atoms with Crippen LogP contribution in [0.4, 0.5) is 22.7 Å². The van der Waals surface area contributed by atoms with Crippen LogP contribution < -0.4 is 5.48 Å². The number of hydrogen-bond donors (Lipinski definition) is 1. The van der Waals surface area contributed by atoms with Gasteiger partial charge in [0.2, 0.25) is 0 Å². The molecule has 0 saturated heterocycles. The monoisotopic (exact) mass is 513 g/mol. The molecule has 0 fully saturated rings. The van der Waals surface area contributed by atoms with E-state index >= 15 is 0 Å². The lowest BCUT2D eigenvalue weighted by molar-refractivity contribution is -0.394. The van der Waals surface area contributed by atoms with Gasteiger partial charge in [0.15, 0.2) is 0 Å². The highest BCUT2D eigenvalue weighted by Gasteiger charge is 2.21. The van der Waals surface area contributed by atoms with Crippen LogP contribution in [0.2, 0.25) is 0 Å². The summed E-state index contributed by atoms with van der Waals surface area (Å²) in [5.41, 5.74) is 1.72. The third-order valence-electron chi connectivity index (χ3n) is 4.05. The summed E-state index contributed by atoms with van der Waals surface area (Å²) in [4.78, 5) is 49.3. The van der Waals surface area contributed by atoms with Crippen LogP contribution in [0, 0.1) is 20.2 Å². The van der Waals surface area contributed by atoms with Crippen molar-refractivity contribution in [3.05, 3.63) is 103 Å². The zero-order valence-corrected chi connectivity index (χ0v) is 18.0. The summed E-state index contributed by atoms with van der Waals surface area (Å²) < 4.78 is 0.587. The lowest BCUT2D eigenvalue weighted by Gasteiger charge is -2.07. The SMILES string of the molecule is O=C(ONc1ccc(N=NC(=O)c2ccccc2Br)cc1)c1cc([N+](=O)[O-])cc([N+](=O)[O-])c1. The maximum atomic E-state index is 12.2. The van der Waals surface area contributed by atoms with E-state index in [2.05, 4.69) is 31.6 Å². The Balaban J connectivity index is 1.64. The lowest BCUT2D eigenvalue weighted by Crippen LogP contribution is -2.11. The first kappa shape index (κ1) is 23.1. The van der Waals surface area contributed by atoms with Crippen molar-refractivity contribution in [2.75, 3.05) is 5.48 Å². The predicted octanol–water partition coefficient (Wildman–Crippen LogP) is 5.37. The van der Waals surface area contributed by atoms with Gasteiger partial charge in [-0.1, -0.05) is 12.1 Å². The van der Waals surface area contributed by atoms with Crippen molar-refractivity contribution < 1.29 is 24.3 Å². The van der Waals surface area contributed by atoms with Gasteiger partial charge in [-0.2, -0.15) is 0 Å². The first-order chi connectivity index (χ1) is 15.7. The smallest absolute Gasteiger partial charge is 0.338 e. The molecule has 12 nitrogen and oxygen atoms in total. The van der Waals surface area contributed by atoms with Crippen LogP contribution in [-0.2, 0) is 4.84 Å². The highest BCUT2D eigenvalue weighted by atomic mass is 79.9. The van der Waals surface area contributed by atoms with Gasteiger partial charge >= 0.3 is 5.97 Å². The third-order valence-corrected chi connectivity index (χ3v) is 4.74. The van der Waals surface area contributed by atoms with E-state index in [9.17, 15) is 29.8 Å². The van der Waals surface area contributed by atoms with Gasteiger partial charge < -0.3 is 4.84 Å². The number of halogens is 1. The average Bonchev–Trinajstić information content (AvgIpc) is 2.81. The van der Waals surface area contributed by atoms with E-state index in [1.165, 1.54) is 24.3 Å². The Bertz CT molecular complexity index is 1250. The standard InChI is InChI=1S/C20H12BrN5O7/c21-18-4-2-1-3-17(18)19(27)23-22-13-5-7-14(8-6-13)24-33-20(28)12-9-15(25(29)30)11-16(10-12)26(31)32/h1-11,24H. The maximum Gasteiger partial charge on any atom is 0.363 e. The molecule has 0 aliphatic carbocycles. The first-order valence-corrected chi connectivity index (χ1v) is 9.75. The van der Waals surface area contributed by atoms with Crippen LogP contribution in [0.15, 0.2) is 81.4 Å². The Labute approximate surface area is 193 Å². The van der Waals surface area contributed by atoms with Crippen molar-refractivity contribution in [3.63, 3.8) is 0 Å². The number of rotatable bonds is 7. The van der Waals surface area contributed by atoms with Crippen molar-refractivity contribution >= 4 is 50.6 Å². The van der Waals surface area contributed by atoms with Crippen LogP contribution in [0.1, 0.15) is 20.7 Å². The highest BCUT2D eigenvalue weighted by Crippen LogP contribution is 2.24. The number of amides is 1. The molecule has 1 amide bonds.